The Balaban J connectivity index is 1.49. The summed E-state index contributed by atoms with van der Waals surface area (Å²) in [5, 5.41) is 15.3. The van der Waals surface area contributed by atoms with Gasteiger partial charge in [-0.25, -0.2) is 4.98 Å². The van der Waals surface area contributed by atoms with Crippen LogP contribution in [0.1, 0.15) is 28.8 Å². The molecule has 0 bridgehead atoms. The van der Waals surface area contributed by atoms with Gasteiger partial charge in [0.25, 0.3) is 5.91 Å². The highest BCUT2D eigenvalue weighted by Gasteiger charge is 2.35. The van der Waals surface area contributed by atoms with Crippen molar-refractivity contribution in [1.82, 2.24) is 9.88 Å². The summed E-state index contributed by atoms with van der Waals surface area (Å²) in [6.07, 6.45) is 1.32. The molecule has 1 aliphatic rings. The number of likely N-dealkylation sites (tertiary alicyclic amines) is 1. The van der Waals surface area contributed by atoms with E-state index in [1.165, 1.54) is 22.3 Å². The number of rotatable bonds is 4. The molecule has 148 valence electrons. The molecule has 7 heteroatoms. The first-order valence-electron chi connectivity index (χ1n) is 9.46. The molecule has 2 N–H and O–H groups in total. The SMILES string of the molecule is Cc1ccccc1-c1csc(NC(=O)C2CCCN2C(=O)c2ccccc2O)n1. The zero-order chi connectivity index (χ0) is 20.4. The Hall–Kier alpha value is -3.19. The average Bonchev–Trinajstić information content (AvgIpc) is 3.38. The average molecular weight is 407 g/mol. The normalized spacial score (nSPS) is 16.0. The largest absolute Gasteiger partial charge is 0.507 e. The van der Waals surface area contributed by atoms with Gasteiger partial charge in [0.1, 0.15) is 11.8 Å². The van der Waals surface area contributed by atoms with Gasteiger partial charge >= 0.3 is 0 Å². The van der Waals surface area contributed by atoms with Crippen molar-refractivity contribution in [3.05, 3.63) is 65.0 Å². The number of aromatic nitrogens is 1. The lowest BCUT2D eigenvalue weighted by Crippen LogP contribution is -2.43. The number of para-hydroxylation sites is 1. The molecule has 4 rings (SSSR count). The number of anilines is 1. The van der Waals surface area contributed by atoms with E-state index in [1.54, 1.807) is 18.2 Å². The van der Waals surface area contributed by atoms with Crippen LogP contribution in [0.2, 0.25) is 0 Å². The molecule has 2 heterocycles. The number of aryl methyl sites for hydroxylation is 1. The zero-order valence-corrected chi connectivity index (χ0v) is 16.8. The summed E-state index contributed by atoms with van der Waals surface area (Å²) >= 11 is 1.36. The molecule has 29 heavy (non-hydrogen) atoms. The third-order valence-electron chi connectivity index (χ3n) is 5.11. The minimum atomic E-state index is -0.576. The Morgan fingerprint density at radius 3 is 2.72 bits per heavy atom. The fourth-order valence-electron chi connectivity index (χ4n) is 3.60. The van der Waals surface area contributed by atoms with E-state index in [2.05, 4.69) is 10.3 Å². The second-order valence-corrected chi connectivity index (χ2v) is 7.87. The van der Waals surface area contributed by atoms with Gasteiger partial charge < -0.3 is 15.3 Å². The maximum atomic E-state index is 12.9. The number of hydrogen-bond donors (Lipinski definition) is 2. The van der Waals surface area contributed by atoms with Gasteiger partial charge in [-0.05, 0) is 37.5 Å². The smallest absolute Gasteiger partial charge is 0.258 e. The van der Waals surface area contributed by atoms with E-state index in [0.29, 0.717) is 18.1 Å². The van der Waals surface area contributed by atoms with Gasteiger partial charge in [0.15, 0.2) is 5.13 Å². The van der Waals surface area contributed by atoms with Crippen molar-refractivity contribution in [2.24, 2.45) is 0 Å². The number of phenolic OH excluding ortho intramolecular Hbond substituents is 1. The van der Waals surface area contributed by atoms with Gasteiger partial charge in [-0.15, -0.1) is 11.3 Å². The molecule has 2 amide bonds. The first-order chi connectivity index (χ1) is 14.0. The van der Waals surface area contributed by atoms with Crippen LogP contribution in [0, 0.1) is 6.92 Å². The van der Waals surface area contributed by atoms with Gasteiger partial charge in [0.05, 0.1) is 11.3 Å². The van der Waals surface area contributed by atoms with Gasteiger partial charge in [0, 0.05) is 17.5 Å². The van der Waals surface area contributed by atoms with Crippen LogP contribution in [0.3, 0.4) is 0 Å². The monoisotopic (exact) mass is 407 g/mol. The van der Waals surface area contributed by atoms with Crippen molar-refractivity contribution >= 4 is 28.3 Å². The van der Waals surface area contributed by atoms with Gasteiger partial charge in [0.2, 0.25) is 5.91 Å². The van der Waals surface area contributed by atoms with E-state index in [-0.39, 0.29) is 23.1 Å². The van der Waals surface area contributed by atoms with Crippen molar-refractivity contribution in [1.29, 1.82) is 0 Å². The number of nitrogens with zero attached hydrogens (tertiary/aromatic N) is 2. The zero-order valence-electron chi connectivity index (χ0n) is 16.0. The molecular formula is C22H21N3O3S. The number of nitrogens with one attached hydrogen (secondary N) is 1. The lowest BCUT2D eigenvalue weighted by Gasteiger charge is -2.23. The van der Waals surface area contributed by atoms with Gasteiger partial charge in [-0.2, -0.15) is 0 Å². The number of carbonyl (C=O) groups excluding carboxylic acids is 2. The van der Waals surface area contributed by atoms with Crippen molar-refractivity contribution in [2.45, 2.75) is 25.8 Å². The predicted molar refractivity (Wildman–Crippen MR) is 113 cm³/mol. The number of thiazole rings is 1. The molecule has 0 spiro atoms. The number of benzene rings is 2. The molecule has 0 radical (unpaired) electrons. The molecular weight excluding hydrogens is 386 g/mol. The number of aromatic hydroxyl groups is 1. The fourth-order valence-corrected chi connectivity index (χ4v) is 4.31. The summed E-state index contributed by atoms with van der Waals surface area (Å²) < 4.78 is 0. The molecule has 2 aromatic carbocycles. The van der Waals surface area contributed by atoms with E-state index >= 15 is 0 Å². The van der Waals surface area contributed by atoms with E-state index in [1.807, 2.05) is 36.6 Å². The molecule has 1 saturated heterocycles. The van der Waals surface area contributed by atoms with Crippen LogP contribution in [-0.4, -0.2) is 39.4 Å². The lowest BCUT2D eigenvalue weighted by molar-refractivity contribution is -0.119. The van der Waals surface area contributed by atoms with E-state index in [4.69, 9.17) is 0 Å². The summed E-state index contributed by atoms with van der Waals surface area (Å²) in [4.78, 5) is 31.8. The van der Waals surface area contributed by atoms with Crippen LogP contribution in [0.5, 0.6) is 5.75 Å². The first-order valence-corrected chi connectivity index (χ1v) is 10.3. The number of amides is 2. The van der Waals surface area contributed by atoms with E-state index in [9.17, 15) is 14.7 Å². The van der Waals surface area contributed by atoms with Crippen molar-refractivity contribution in [2.75, 3.05) is 11.9 Å². The fraction of sp³-hybridized carbons (Fsp3) is 0.227. The Morgan fingerprint density at radius 1 is 1.17 bits per heavy atom. The van der Waals surface area contributed by atoms with Crippen molar-refractivity contribution < 1.29 is 14.7 Å². The Bertz CT molecular complexity index is 1060. The summed E-state index contributed by atoms with van der Waals surface area (Å²) in [7, 11) is 0. The summed E-state index contributed by atoms with van der Waals surface area (Å²) in [5.74, 6) is -0.663. The highest BCUT2D eigenvalue weighted by atomic mass is 32.1. The topological polar surface area (TPSA) is 82.5 Å². The quantitative estimate of drug-likeness (QED) is 0.683. The molecule has 1 unspecified atom stereocenters. The van der Waals surface area contributed by atoms with E-state index in [0.717, 1.165) is 23.2 Å². The molecule has 1 aliphatic heterocycles. The van der Waals surface area contributed by atoms with Crippen LogP contribution in [0.4, 0.5) is 5.13 Å². The molecule has 6 nitrogen and oxygen atoms in total. The van der Waals surface area contributed by atoms with Gasteiger partial charge in [-0.3, -0.25) is 9.59 Å². The van der Waals surface area contributed by atoms with Crippen LogP contribution in [-0.2, 0) is 4.79 Å². The number of hydrogen-bond acceptors (Lipinski definition) is 5. The lowest BCUT2D eigenvalue weighted by atomic mass is 10.1. The maximum Gasteiger partial charge on any atom is 0.258 e. The molecule has 3 aromatic rings. The van der Waals surface area contributed by atoms with E-state index < -0.39 is 6.04 Å². The maximum absolute atomic E-state index is 12.9. The van der Waals surface area contributed by atoms with Gasteiger partial charge in [-0.1, -0.05) is 36.4 Å². The van der Waals surface area contributed by atoms with Crippen LogP contribution < -0.4 is 5.32 Å². The molecule has 0 saturated carbocycles. The molecule has 1 fully saturated rings. The second kappa shape index (κ2) is 8.05. The Kier molecular flexibility index (Phi) is 5.31. The second-order valence-electron chi connectivity index (χ2n) is 7.02. The third kappa shape index (κ3) is 3.86. The highest BCUT2D eigenvalue weighted by molar-refractivity contribution is 7.14. The minimum Gasteiger partial charge on any atom is -0.507 e. The van der Waals surface area contributed by atoms with Crippen LogP contribution in [0.15, 0.2) is 53.9 Å². The standard InChI is InChI=1S/C22H21N3O3S/c1-14-7-2-3-8-15(14)17-13-29-22(23-17)24-20(27)18-10-6-12-25(18)21(28)16-9-4-5-11-19(16)26/h2-5,7-9,11,13,18,26H,6,10,12H2,1H3,(H,23,24,27). The molecule has 0 aliphatic carbocycles. The Labute approximate surface area is 172 Å². The van der Waals surface area contributed by atoms with Crippen LogP contribution >= 0.6 is 11.3 Å². The number of phenols is 1. The Morgan fingerprint density at radius 2 is 1.93 bits per heavy atom. The molecule has 1 atom stereocenters. The van der Waals surface area contributed by atoms with Crippen molar-refractivity contribution in [3.63, 3.8) is 0 Å². The minimum absolute atomic E-state index is 0.0774. The summed E-state index contributed by atoms with van der Waals surface area (Å²) in [5.41, 5.74) is 3.17. The predicted octanol–water partition coefficient (Wildman–Crippen LogP) is 4.07. The third-order valence-corrected chi connectivity index (χ3v) is 5.86. The van der Waals surface area contributed by atoms with Crippen LogP contribution in [0.25, 0.3) is 11.3 Å². The number of carbonyl (C=O) groups is 2. The summed E-state index contributed by atoms with van der Waals surface area (Å²) in [6, 6.07) is 13.8. The first kappa shape index (κ1) is 19.1. The summed E-state index contributed by atoms with van der Waals surface area (Å²) in [6.45, 7) is 2.51. The molecule has 1 aromatic heterocycles. The van der Waals surface area contributed by atoms with Crippen molar-refractivity contribution in [3.8, 4) is 17.0 Å². The highest BCUT2D eigenvalue weighted by Crippen LogP contribution is 2.29.